The zero-order valence-electron chi connectivity index (χ0n) is 10.5. The third-order valence-electron chi connectivity index (χ3n) is 2.53. The number of methoxy groups -OCH3 is 1. The third kappa shape index (κ3) is 2.33. The van der Waals surface area contributed by atoms with Crippen molar-refractivity contribution < 1.29 is 4.74 Å². The van der Waals surface area contributed by atoms with Crippen molar-refractivity contribution in [1.29, 1.82) is 0 Å². The van der Waals surface area contributed by atoms with E-state index in [1.165, 1.54) is 0 Å². The summed E-state index contributed by atoms with van der Waals surface area (Å²) in [7, 11) is 1.56. The van der Waals surface area contributed by atoms with E-state index in [-0.39, 0.29) is 6.04 Å². The van der Waals surface area contributed by atoms with Gasteiger partial charge in [0.25, 0.3) is 0 Å². The van der Waals surface area contributed by atoms with Crippen LogP contribution >= 0.6 is 11.3 Å². The standard InChI is InChI=1S/C11H15N5OS/c1-6-10(18-7(2)15-6)8(16-12)9-11(17-3)14-5-4-13-9/h4-5,8,16H,12H2,1-3H3. The molecule has 3 N–H and O–H groups in total. The lowest BCUT2D eigenvalue weighted by Crippen LogP contribution is -2.30. The Morgan fingerprint density at radius 1 is 1.33 bits per heavy atom. The minimum absolute atomic E-state index is 0.264. The van der Waals surface area contributed by atoms with Gasteiger partial charge in [0.1, 0.15) is 11.7 Å². The highest BCUT2D eigenvalue weighted by molar-refractivity contribution is 7.11. The maximum Gasteiger partial charge on any atom is 0.237 e. The predicted molar refractivity (Wildman–Crippen MR) is 69.3 cm³/mol. The summed E-state index contributed by atoms with van der Waals surface area (Å²) in [6, 6.07) is -0.264. The Labute approximate surface area is 109 Å². The Morgan fingerprint density at radius 3 is 2.61 bits per heavy atom. The summed E-state index contributed by atoms with van der Waals surface area (Å²) in [6.45, 7) is 3.91. The molecular formula is C11H15N5OS. The van der Waals surface area contributed by atoms with Crippen molar-refractivity contribution >= 4 is 11.3 Å². The molecule has 0 saturated heterocycles. The molecule has 0 fully saturated rings. The van der Waals surface area contributed by atoms with Crippen LogP contribution in [0.5, 0.6) is 5.88 Å². The molecule has 6 nitrogen and oxygen atoms in total. The highest BCUT2D eigenvalue weighted by Gasteiger charge is 2.23. The molecule has 0 aromatic carbocycles. The molecule has 0 spiro atoms. The number of hydrogen-bond donors (Lipinski definition) is 2. The summed E-state index contributed by atoms with van der Waals surface area (Å²) in [6.07, 6.45) is 3.20. The summed E-state index contributed by atoms with van der Waals surface area (Å²) >= 11 is 1.58. The number of nitrogens with two attached hydrogens (primary N) is 1. The van der Waals surface area contributed by atoms with E-state index in [0.717, 1.165) is 15.6 Å². The minimum Gasteiger partial charge on any atom is -0.480 e. The molecule has 7 heteroatoms. The molecule has 0 aliphatic rings. The third-order valence-corrected chi connectivity index (χ3v) is 3.66. The first kappa shape index (κ1) is 12.9. The van der Waals surface area contributed by atoms with Crippen molar-refractivity contribution in [1.82, 2.24) is 20.4 Å². The van der Waals surface area contributed by atoms with Crippen molar-refractivity contribution in [2.24, 2.45) is 5.84 Å². The number of aryl methyl sites for hydroxylation is 2. The maximum absolute atomic E-state index is 5.64. The molecule has 2 heterocycles. The van der Waals surface area contributed by atoms with Gasteiger partial charge < -0.3 is 4.74 Å². The Kier molecular flexibility index (Phi) is 3.85. The zero-order valence-corrected chi connectivity index (χ0v) is 11.3. The second-order valence-corrected chi connectivity index (χ2v) is 4.97. The first-order valence-electron chi connectivity index (χ1n) is 5.42. The summed E-state index contributed by atoms with van der Waals surface area (Å²) in [5, 5.41) is 0.991. The second-order valence-electron chi connectivity index (χ2n) is 3.73. The van der Waals surface area contributed by atoms with Crippen LogP contribution in [0.15, 0.2) is 12.4 Å². The van der Waals surface area contributed by atoms with Crippen LogP contribution in [0.25, 0.3) is 0 Å². The van der Waals surface area contributed by atoms with Crippen molar-refractivity contribution in [3.63, 3.8) is 0 Å². The molecular weight excluding hydrogens is 250 g/mol. The number of aromatic nitrogens is 3. The molecule has 2 rings (SSSR count). The Bertz CT molecular complexity index is 542. The first-order valence-corrected chi connectivity index (χ1v) is 6.24. The molecule has 96 valence electrons. The summed E-state index contributed by atoms with van der Waals surface area (Å²) in [4.78, 5) is 13.8. The monoisotopic (exact) mass is 265 g/mol. The van der Waals surface area contributed by atoms with Crippen LogP contribution in [-0.2, 0) is 0 Å². The van der Waals surface area contributed by atoms with Crippen molar-refractivity contribution in [2.45, 2.75) is 19.9 Å². The molecule has 2 aromatic rings. The first-order chi connectivity index (χ1) is 8.67. The molecule has 1 atom stereocenters. The molecule has 2 aromatic heterocycles. The van der Waals surface area contributed by atoms with E-state index in [2.05, 4.69) is 20.4 Å². The molecule has 1 unspecified atom stereocenters. The van der Waals surface area contributed by atoms with Gasteiger partial charge in [0.05, 0.1) is 22.7 Å². The Balaban J connectivity index is 2.48. The van der Waals surface area contributed by atoms with Crippen LogP contribution in [0.2, 0.25) is 0 Å². The van der Waals surface area contributed by atoms with Crippen LogP contribution in [0.1, 0.15) is 27.3 Å². The van der Waals surface area contributed by atoms with Gasteiger partial charge in [-0.25, -0.2) is 15.4 Å². The molecule has 0 aliphatic heterocycles. The van der Waals surface area contributed by atoms with E-state index in [9.17, 15) is 0 Å². The van der Waals surface area contributed by atoms with E-state index in [1.807, 2.05) is 13.8 Å². The van der Waals surface area contributed by atoms with Gasteiger partial charge in [-0.15, -0.1) is 11.3 Å². The van der Waals surface area contributed by atoms with Crippen LogP contribution in [0.3, 0.4) is 0 Å². The number of hydrazine groups is 1. The van der Waals surface area contributed by atoms with Gasteiger partial charge in [0.2, 0.25) is 5.88 Å². The lowest BCUT2D eigenvalue weighted by atomic mass is 10.1. The van der Waals surface area contributed by atoms with Gasteiger partial charge in [-0.3, -0.25) is 10.8 Å². The fourth-order valence-electron chi connectivity index (χ4n) is 1.78. The Hall–Kier alpha value is -1.57. The molecule has 0 amide bonds. The van der Waals surface area contributed by atoms with Crippen LogP contribution < -0.4 is 16.0 Å². The SMILES string of the molecule is COc1nccnc1C(NN)c1sc(C)nc1C. The molecule has 0 saturated carbocycles. The number of ether oxygens (including phenoxy) is 1. The van der Waals surface area contributed by atoms with Gasteiger partial charge in [0.15, 0.2) is 0 Å². The molecule has 0 bridgehead atoms. The summed E-state index contributed by atoms with van der Waals surface area (Å²) < 4.78 is 5.21. The molecule has 0 aliphatic carbocycles. The maximum atomic E-state index is 5.64. The number of nitrogens with one attached hydrogen (secondary N) is 1. The van der Waals surface area contributed by atoms with Crippen molar-refractivity contribution in [2.75, 3.05) is 7.11 Å². The van der Waals surface area contributed by atoms with E-state index in [1.54, 1.807) is 30.8 Å². The smallest absolute Gasteiger partial charge is 0.237 e. The van der Waals surface area contributed by atoms with Crippen LogP contribution in [0.4, 0.5) is 0 Å². The largest absolute Gasteiger partial charge is 0.480 e. The quantitative estimate of drug-likeness (QED) is 0.636. The van der Waals surface area contributed by atoms with E-state index < -0.39 is 0 Å². The number of nitrogens with zero attached hydrogens (tertiary/aromatic N) is 3. The van der Waals surface area contributed by atoms with Gasteiger partial charge in [-0.05, 0) is 13.8 Å². The normalized spacial score (nSPS) is 12.4. The average Bonchev–Trinajstić information content (AvgIpc) is 2.70. The van der Waals surface area contributed by atoms with Gasteiger partial charge in [-0.1, -0.05) is 0 Å². The average molecular weight is 265 g/mol. The fourth-order valence-corrected chi connectivity index (χ4v) is 2.78. The van der Waals surface area contributed by atoms with Gasteiger partial charge in [0, 0.05) is 12.4 Å². The predicted octanol–water partition coefficient (Wildman–Crippen LogP) is 1.11. The molecule has 0 radical (unpaired) electrons. The number of thiazole rings is 1. The van der Waals surface area contributed by atoms with Gasteiger partial charge in [-0.2, -0.15) is 0 Å². The lowest BCUT2D eigenvalue weighted by Gasteiger charge is -2.16. The van der Waals surface area contributed by atoms with E-state index in [4.69, 9.17) is 10.6 Å². The molecule has 18 heavy (non-hydrogen) atoms. The lowest BCUT2D eigenvalue weighted by molar-refractivity contribution is 0.383. The fraction of sp³-hybridized carbons (Fsp3) is 0.364. The van der Waals surface area contributed by atoms with E-state index >= 15 is 0 Å². The number of rotatable bonds is 4. The van der Waals surface area contributed by atoms with Crippen LogP contribution in [-0.4, -0.2) is 22.1 Å². The summed E-state index contributed by atoms with van der Waals surface area (Å²) in [5.74, 6) is 6.11. The van der Waals surface area contributed by atoms with Crippen molar-refractivity contribution in [3.8, 4) is 5.88 Å². The highest BCUT2D eigenvalue weighted by atomic mass is 32.1. The Morgan fingerprint density at radius 2 is 2.06 bits per heavy atom. The van der Waals surface area contributed by atoms with Crippen molar-refractivity contribution in [3.05, 3.63) is 33.7 Å². The minimum atomic E-state index is -0.264. The topological polar surface area (TPSA) is 86.0 Å². The van der Waals surface area contributed by atoms with Crippen LogP contribution in [0, 0.1) is 13.8 Å². The highest BCUT2D eigenvalue weighted by Crippen LogP contribution is 2.31. The summed E-state index contributed by atoms with van der Waals surface area (Å²) in [5.41, 5.74) is 4.35. The number of hydrogen-bond acceptors (Lipinski definition) is 7. The zero-order chi connectivity index (χ0) is 13.1. The second kappa shape index (κ2) is 5.38. The van der Waals surface area contributed by atoms with E-state index in [0.29, 0.717) is 11.6 Å². The van der Waals surface area contributed by atoms with Gasteiger partial charge >= 0.3 is 0 Å².